The fourth-order valence-corrected chi connectivity index (χ4v) is 6.37. The van der Waals surface area contributed by atoms with Gasteiger partial charge in [-0.1, -0.05) is 47.5 Å². The number of carbonyl (C=O) groups is 2. The molecule has 11 heteroatoms. The summed E-state index contributed by atoms with van der Waals surface area (Å²) in [6.07, 6.45) is 1.68. The minimum absolute atomic E-state index is 0.178. The molecule has 278 valence electrons. The van der Waals surface area contributed by atoms with Crippen LogP contribution in [0.2, 0.25) is 10.0 Å². The van der Waals surface area contributed by atoms with E-state index in [1.807, 2.05) is 48.5 Å². The summed E-state index contributed by atoms with van der Waals surface area (Å²) in [5, 5.41) is 20.6. The van der Waals surface area contributed by atoms with E-state index in [0.29, 0.717) is 55.5 Å². The summed E-state index contributed by atoms with van der Waals surface area (Å²) in [5.41, 5.74) is 3.20. The Labute approximate surface area is 332 Å². The molecule has 1 aromatic heterocycles. The van der Waals surface area contributed by atoms with E-state index in [-0.39, 0.29) is 17.6 Å². The number of amides is 2. The highest BCUT2D eigenvalue weighted by atomic mass is 35.5. The highest BCUT2D eigenvalue weighted by Gasteiger charge is 2.15. The van der Waals surface area contributed by atoms with Gasteiger partial charge in [0.1, 0.15) is 17.2 Å². The Morgan fingerprint density at radius 1 is 0.571 bits per heavy atom. The normalized spacial score (nSPS) is 10.7. The molecule has 0 saturated heterocycles. The number of benzene rings is 7. The number of halogens is 2. The van der Waals surface area contributed by atoms with Crippen molar-refractivity contribution in [3.05, 3.63) is 167 Å². The van der Waals surface area contributed by atoms with Crippen molar-refractivity contribution < 1.29 is 28.9 Å². The first-order chi connectivity index (χ1) is 27.2. The van der Waals surface area contributed by atoms with Crippen LogP contribution in [0.15, 0.2) is 146 Å². The SMILES string of the molecule is COc1cc2nccc(Oc3ccc4c(C(=O)Nc5ccc(Cl)cc5)cccc4c3)c2cc1OC.O=C(Nc1ccc(Cl)cc1)c1cccc2cc(O)ccc12. The molecule has 9 nitrogen and oxygen atoms in total. The number of phenolic OH excluding ortho intramolecular Hbond substituents is 1. The van der Waals surface area contributed by atoms with Crippen LogP contribution in [0.4, 0.5) is 11.4 Å². The molecule has 0 saturated carbocycles. The molecule has 8 rings (SSSR count). The van der Waals surface area contributed by atoms with Crippen molar-refractivity contribution in [1.82, 2.24) is 4.98 Å². The lowest BCUT2D eigenvalue weighted by atomic mass is 10.0. The van der Waals surface area contributed by atoms with Crippen molar-refractivity contribution >= 4 is 78.8 Å². The van der Waals surface area contributed by atoms with Crippen LogP contribution in [0.3, 0.4) is 0 Å². The predicted octanol–water partition coefficient (Wildman–Crippen LogP) is 11.6. The number of carbonyl (C=O) groups excluding carboxylic acids is 2. The quantitative estimate of drug-likeness (QED) is 0.140. The Hall–Kier alpha value is -6.81. The minimum atomic E-state index is -0.201. The summed E-state index contributed by atoms with van der Waals surface area (Å²) >= 11 is 11.8. The van der Waals surface area contributed by atoms with Crippen LogP contribution in [-0.4, -0.2) is 36.1 Å². The van der Waals surface area contributed by atoms with E-state index in [9.17, 15) is 14.7 Å². The lowest BCUT2D eigenvalue weighted by molar-refractivity contribution is 0.102. The van der Waals surface area contributed by atoms with E-state index in [4.69, 9.17) is 37.4 Å². The van der Waals surface area contributed by atoms with Gasteiger partial charge < -0.3 is 30.0 Å². The van der Waals surface area contributed by atoms with Crippen molar-refractivity contribution in [1.29, 1.82) is 0 Å². The number of ether oxygens (including phenoxy) is 3. The van der Waals surface area contributed by atoms with Gasteiger partial charge >= 0.3 is 0 Å². The number of hydrogen-bond acceptors (Lipinski definition) is 7. The van der Waals surface area contributed by atoms with Gasteiger partial charge in [0.25, 0.3) is 11.8 Å². The lowest BCUT2D eigenvalue weighted by Crippen LogP contribution is -2.12. The molecule has 0 bridgehead atoms. The van der Waals surface area contributed by atoms with Gasteiger partial charge in [0.15, 0.2) is 11.5 Å². The van der Waals surface area contributed by atoms with Gasteiger partial charge in [0, 0.05) is 50.2 Å². The summed E-state index contributed by atoms with van der Waals surface area (Å²) in [6.45, 7) is 0. The number of nitrogens with zero attached hydrogens (tertiary/aromatic N) is 1. The van der Waals surface area contributed by atoms with E-state index in [0.717, 1.165) is 32.4 Å². The minimum Gasteiger partial charge on any atom is -0.508 e. The number of aromatic nitrogens is 1. The number of hydrogen-bond donors (Lipinski definition) is 3. The third kappa shape index (κ3) is 8.44. The van der Waals surface area contributed by atoms with Crippen LogP contribution >= 0.6 is 23.2 Å². The topological polar surface area (TPSA) is 119 Å². The molecule has 7 aromatic carbocycles. The summed E-state index contributed by atoms with van der Waals surface area (Å²) < 4.78 is 17.0. The highest BCUT2D eigenvalue weighted by molar-refractivity contribution is 6.31. The fraction of sp³-hybridized carbons (Fsp3) is 0.0444. The molecule has 0 spiro atoms. The maximum absolute atomic E-state index is 12.9. The van der Waals surface area contributed by atoms with Crippen molar-refractivity contribution in [3.63, 3.8) is 0 Å². The Bertz CT molecular complexity index is 2720. The molecule has 0 fully saturated rings. The summed E-state index contributed by atoms with van der Waals surface area (Å²) in [6, 6.07) is 41.0. The third-order valence-corrected chi connectivity index (χ3v) is 9.35. The summed E-state index contributed by atoms with van der Waals surface area (Å²) in [7, 11) is 3.17. The molecule has 0 aliphatic heterocycles. The number of nitrogens with one attached hydrogen (secondary N) is 2. The molecule has 0 radical (unpaired) electrons. The Morgan fingerprint density at radius 3 is 1.68 bits per heavy atom. The van der Waals surface area contributed by atoms with Crippen molar-refractivity contribution in [2.45, 2.75) is 0 Å². The van der Waals surface area contributed by atoms with Crippen LogP contribution in [0.25, 0.3) is 32.4 Å². The molecule has 3 N–H and O–H groups in total. The number of pyridine rings is 1. The molecular weight excluding hydrogens is 749 g/mol. The van der Waals surface area contributed by atoms with E-state index >= 15 is 0 Å². The Morgan fingerprint density at radius 2 is 1.11 bits per heavy atom. The number of rotatable bonds is 8. The molecule has 1 heterocycles. The van der Waals surface area contributed by atoms with Crippen molar-refractivity contribution in [2.24, 2.45) is 0 Å². The van der Waals surface area contributed by atoms with Crippen LogP contribution < -0.4 is 24.8 Å². The molecule has 0 aliphatic carbocycles. The number of anilines is 2. The maximum Gasteiger partial charge on any atom is 0.256 e. The molecule has 2 amide bonds. The first-order valence-electron chi connectivity index (χ1n) is 17.3. The monoisotopic (exact) mass is 781 g/mol. The smallest absolute Gasteiger partial charge is 0.256 e. The summed E-state index contributed by atoms with van der Waals surface area (Å²) in [5.74, 6) is 2.23. The van der Waals surface area contributed by atoms with Crippen LogP contribution in [0.5, 0.6) is 28.7 Å². The second-order valence-electron chi connectivity index (χ2n) is 12.5. The molecule has 8 aromatic rings. The van der Waals surface area contributed by atoms with Gasteiger partial charge in [-0.15, -0.1) is 0 Å². The van der Waals surface area contributed by atoms with Crippen molar-refractivity contribution in [3.8, 4) is 28.7 Å². The molecule has 0 unspecified atom stereocenters. The lowest BCUT2D eigenvalue weighted by Gasteiger charge is -2.13. The average Bonchev–Trinajstić information content (AvgIpc) is 3.21. The Balaban J connectivity index is 0.000000195. The van der Waals surface area contributed by atoms with Gasteiger partial charge in [-0.25, -0.2) is 0 Å². The Kier molecular flexibility index (Phi) is 11.2. The molecular formula is C45H33Cl2N3O6. The zero-order valence-corrected chi connectivity index (χ0v) is 31.6. The number of fused-ring (bicyclic) bond motifs is 3. The highest BCUT2D eigenvalue weighted by Crippen LogP contribution is 2.37. The number of aromatic hydroxyl groups is 1. The molecule has 56 heavy (non-hydrogen) atoms. The van der Waals surface area contributed by atoms with Gasteiger partial charge in [0.2, 0.25) is 0 Å². The van der Waals surface area contributed by atoms with E-state index in [1.165, 1.54) is 0 Å². The first kappa shape index (κ1) is 37.5. The third-order valence-electron chi connectivity index (χ3n) is 8.84. The second-order valence-corrected chi connectivity index (χ2v) is 13.3. The summed E-state index contributed by atoms with van der Waals surface area (Å²) in [4.78, 5) is 29.8. The zero-order chi connectivity index (χ0) is 39.2. The molecule has 0 atom stereocenters. The van der Waals surface area contributed by atoms with Gasteiger partial charge in [-0.2, -0.15) is 0 Å². The maximum atomic E-state index is 12.9. The van der Waals surface area contributed by atoms with Crippen molar-refractivity contribution in [2.75, 3.05) is 24.9 Å². The average molecular weight is 783 g/mol. The van der Waals surface area contributed by atoms with Crippen LogP contribution in [0.1, 0.15) is 20.7 Å². The van der Waals surface area contributed by atoms with Gasteiger partial charge in [-0.3, -0.25) is 14.6 Å². The standard InChI is InChI=1S/C28H21ClN2O4.C17H12ClNO2/c1-33-26-15-23-24(16-27(26)34-2)30-13-12-25(23)35-20-10-11-21-17(14-20)4-3-5-22(21)28(32)31-19-8-6-18(29)7-9-19;18-12-4-6-13(7-5-12)19-17(21)16-3-1-2-11-10-14(20)8-9-15(11)16/h3-16H,1-2H3,(H,31,32);1-10,20H,(H,19,21). The zero-order valence-electron chi connectivity index (χ0n) is 30.0. The fourth-order valence-electron chi connectivity index (χ4n) is 6.12. The van der Waals surface area contributed by atoms with E-state index in [2.05, 4.69) is 15.6 Å². The predicted molar refractivity (Wildman–Crippen MR) is 223 cm³/mol. The van der Waals surface area contributed by atoms with E-state index in [1.54, 1.807) is 111 Å². The van der Waals surface area contributed by atoms with Crippen LogP contribution in [0, 0.1) is 0 Å². The number of phenols is 1. The van der Waals surface area contributed by atoms with Gasteiger partial charge in [0.05, 0.1) is 19.7 Å². The molecule has 0 aliphatic rings. The number of methoxy groups -OCH3 is 2. The van der Waals surface area contributed by atoms with E-state index < -0.39 is 0 Å². The first-order valence-corrected chi connectivity index (χ1v) is 18.0. The van der Waals surface area contributed by atoms with Crippen LogP contribution in [-0.2, 0) is 0 Å². The van der Waals surface area contributed by atoms with Gasteiger partial charge in [-0.05, 0) is 131 Å². The second kappa shape index (κ2) is 16.7. The largest absolute Gasteiger partial charge is 0.508 e.